The van der Waals surface area contributed by atoms with Gasteiger partial charge >= 0.3 is 0 Å². The second-order valence-electron chi connectivity index (χ2n) is 4.52. The molecule has 0 radical (unpaired) electrons. The maximum absolute atomic E-state index is 6.18. The quantitative estimate of drug-likeness (QED) is 0.803. The molecule has 0 amide bonds. The highest BCUT2D eigenvalue weighted by molar-refractivity contribution is 5.02. The van der Waals surface area contributed by atoms with Crippen LogP contribution in [0.1, 0.15) is 50.8 Å². The second-order valence-corrected chi connectivity index (χ2v) is 4.52. The van der Waals surface area contributed by atoms with Gasteiger partial charge in [-0.3, -0.25) is 0 Å². The van der Waals surface area contributed by atoms with Crippen LogP contribution in [0.15, 0.2) is 6.20 Å². The molecule has 84 valence electrons. The molecular formula is C11H20N4. The van der Waals surface area contributed by atoms with Crippen LogP contribution >= 0.6 is 0 Å². The van der Waals surface area contributed by atoms with Crippen molar-refractivity contribution in [2.45, 2.75) is 51.6 Å². The van der Waals surface area contributed by atoms with Crippen molar-refractivity contribution in [3.05, 3.63) is 11.9 Å². The van der Waals surface area contributed by atoms with E-state index in [0.29, 0.717) is 0 Å². The van der Waals surface area contributed by atoms with Gasteiger partial charge in [0.15, 0.2) is 0 Å². The first kappa shape index (κ1) is 10.6. The molecule has 1 atom stereocenters. The molecule has 0 bridgehead atoms. The molecule has 0 aliphatic heterocycles. The Balaban J connectivity index is 1.96. The topological polar surface area (TPSA) is 56.7 Å². The molecule has 1 fully saturated rings. The summed E-state index contributed by atoms with van der Waals surface area (Å²) in [4.78, 5) is 0. The second kappa shape index (κ2) is 4.75. The first-order chi connectivity index (χ1) is 7.31. The van der Waals surface area contributed by atoms with E-state index in [1.807, 2.05) is 10.9 Å². The van der Waals surface area contributed by atoms with Gasteiger partial charge in [-0.1, -0.05) is 31.4 Å². The summed E-state index contributed by atoms with van der Waals surface area (Å²) in [6.45, 7) is 3.07. The largest absolute Gasteiger partial charge is 0.323 e. The minimum absolute atomic E-state index is 0.122. The molecule has 0 saturated heterocycles. The van der Waals surface area contributed by atoms with Crippen LogP contribution in [0.2, 0.25) is 0 Å². The maximum Gasteiger partial charge on any atom is 0.0754 e. The van der Waals surface area contributed by atoms with Gasteiger partial charge < -0.3 is 5.73 Å². The Labute approximate surface area is 90.8 Å². The molecule has 1 heterocycles. The zero-order chi connectivity index (χ0) is 10.7. The highest BCUT2D eigenvalue weighted by Gasteiger charge is 2.22. The lowest BCUT2D eigenvalue weighted by atomic mass is 9.80. The molecule has 2 rings (SSSR count). The van der Waals surface area contributed by atoms with Gasteiger partial charge in [-0.25, -0.2) is 4.68 Å². The minimum Gasteiger partial charge on any atom is -0.323 e. The Morgan fingerprint density at radius 1 is 1.60 bits per heavy atom. The van der Waals surface area contributed by atoms with Crippen LogP contribution in [0.4, 0.5) is 0 Å². The first-order valence-electron chi connectivity index (χ1n) is 5.95. The zero-order valence-electron chi connectivity index (χ0n) is 9.39. The van der Waals surface area contributed by atoms with Crippen LogP contribution in [-0.4, -0.2) is 15.0 Å². The Bertz CT molecular complexity index is 303. The molecule has 0 aromatic carbocycles. The molecule has 1 aliphatic rings. The Morgan fingerprint density at radius 3 is 3.00 bits per heavy atom. The number of aromatic nitrogens is 3. The van der Waals surface area contributed by atoms with E-state index >= 15 is 0 Å². The zero-order valence-corrected chi connectivity index (χ0v) is 9.39. The maximum atomic E-state index is 6.18. The lowest BCUT2D eigenvalue weighted by molar-refractivity contribution is 0.273. The fourth-order valence-corrected chi connectivity index (χ4v) is 2.15. The van der Waals surface area contributed by atoms with Crippen molar-refractivity contribution in [2.75, 3.05) is 0 Å². The molecule has 0 spiro atoms. The molecule has 1 aliphatic carbocycles. The first-order valence-corrected chi connectivity index (χ1v) is 5.95. The lowest BCUT2D eigenvalue weighted by Crippen LogP contribution is -2.22. The summed E-state index contributed by atoms with van der Waals surface area (Å²) in [6.07, 6.45) is 8.07. The average Bonchev–Trinajstić information content (AvgIpc) is 2.60. The molecule has 1 unspecified atom stereocenters. The molecule has 1 aromatic rings. The SMILES string of the molecule is CCCn1nncc1C(N)CC1CCC1. The van der Waals surface area contributed by atoms with Crippen LogP contribution in [0.5, 0.6) is 0 Å². The standard InChI is InChI=1S/C11H20N4/c1-2-6-15-11(8-13-14-15)10(12)7-9-4-3-5-9/h8-10H,2-7,12H2,1H3. The van der Waals surface area contributed by atoms with Gasteiger partial charge in [0.25, 0.3) is 0 Å². The summed E-state index contributed by atoms with van der Waals surface area (Å²) in [6, 6.07) is 0.122. The van der Waals surface area contributed by atoms with Crippen molar-refractivity contribution in [3.63, 3.8) is 0 Å². The Morgan fingerprint density at radius 2 is 2.40 bits per heavy atom. The number of rotatable bonds is 5. The van der Waals surface area contributed by atoms with E-state index in [9.17, 15) is 0 Å². The van der Waals surface area contributed by atoms with Crippen LogP contribution in [0, 0.1) is 5.92 Å². The van der Waals surface area contributed by atoms with Crippen molar-refractivity contribution in [3.8, 4) is 0 Å². The Hall–Kier alpha value is -0.900. The summed E-state index contributed by atoms with van der Waals surface area (Å²) >= 11 is 0. The highest BCUT2D eigenvalue weighted by Crippen LogP contribution is 2.33. The van der Waals surface area contributed by atoms with Crippen molar-refractivity contribution >= 4 is 0 Å². The van der Waals surface area contributed by atoms with Crippen LogP contribution in [-0.2, 0) is 6.54 Å². The summed E-state index contributed by atoms with van der Waals surface area (Å²) in [5.74, 6) is 0.838. The fraction of sp³-hybridized carbons (Fsp3) is 0.818. The summed E-state index contributed by atoms with van der Waals surface area (Å²) in [7, 11) is 0. The number of hydrogen-bond acceptors (Lipinski definition) is 3. The number of nitrogens with zero attached hydrogens (tertiary/aromatic N) is 3. The molecule has 4 nitrogen and oxygen atoms in total. The van der Waals surface area contributed by atoms with E-state index in [1.54, 1.807) is 0 Å². The van der Waals surface area contributed by atoms with Gasteiger partial charge in [0.2, 0.25) is 0 Å². The smallest absolute Gasteiger partial charge is 0.0754 e. The lowest BCUT2D eigenvalue weighted by Gasteiger charge is -2.28. The van der Waals surface area contributed by atoms with Crippen molar-refractivity contribution in [1.82, 2.24) is 15.0 Å². The summed E-state index contributed by atoms with van der Waals surface area (Å²) in [5.41, 5.74) is 7.28. The summed E-state index contributed by atoms with van der Waals surface area (Å²) < 4.78 is 1.95. The average molecular weight is 208 g/mol. The third kappa shape index (κ3) is 2.37. The predicted octanol–water partition coefficient (Wildman–Crippen LogP) is 1.88. The van der Waals surface area contributed by atoms with Crippen LogP contribution in [0.3, 0.4) is 0 Å². The number of aryl methyl sites for hydroxylation is 1. The molecule has 2 N–H and O–H groups in total. The van der Waals surface area contributed by atoms with Crippen molar-refractivity contribution < 1.29 is 0 Å². The van der Waals surface area contributed by atoms with E-state index < -0.39 is 0 Å². The Kier molecular flexibility index (Phi) is 3.36. The van der Waals surface area contributed by atoms with Gasteiger partial charge in [0, 0.05) is 12.6 Å². The van der Waals surface area contributed by atoms with Crippen molar-refractivity contribution in [1.29, 1.82) is 0 Å². The van der Waals surface area contributed by atoms with E-state index in [4.69, 9.17) is 5.73 Å². The van der Waals surface area contributed by atoms with E-state index in [2.05, 4.69) is 17.2 Å². The summed E-state index contributed by atoms with van der Waals surface area (Å²) in [5, 5.41) is 8.01. The van der Waals surface area contributed by atoms with Gasteiger partial charge in [0.05, 0.1) is 11.9 Å². The van der Waals surface area contributed by atoms with E-state index in [0.717, 1.165) is 31.0 Å². The minimum atomic E-state index is 0.122. The number of nitrogens with two attached hydrogens (primary N) is 1. The molecule has 4 heteroatoms. The predicted molar refractivity (Wildman–Crippen MR) is 59.2 cm³/mol. The number of hydrogen-bond donors (Lipinski definition) is 1. The van der Waals surface area contributed by atoms with E-state index in [-0.39, 0.29) is 6.04 Å². The van der Waals surface area contributed by atoms with Crippen LogP contribution < -0.4 is 5.73 Å². The molecule has 1 saturated carbocycles. The van der Waals surface area contributed by atoms with Crippen LogP contribution in [0.25, 0.3) is 0 Å². The van der Waals surface area contributed by atoms with Gasteiger partial charge in [-0.05, 0) is 18.8 Å². The fourth-order valence-electron chi connectivity index (χ4n) is 2.15. The van der Waals surface area contributed by atoms with Gasteiger partial charge in [-0.15, -0.1) is 5.10 Å². The van der Waals surface area contributed by atoms with E-state index in [1.165, 1.54) is 19.3 Å². The normalized spacial score (nSPS) is 18.8. The third-order valence-electron chi connectivity index (χ3n) is 3.27. The molecule has 15 heavy (non-hydrogen) atoms. The van der Waals surface area contributed by atoms with Gasteiger partial charge in [-0.2, -0.15) is 0 Å². The van der Waals surface area contributed by atoms with Crippen molar-refractivity contribution in [2.24, 2.45) is 11.7 Å². The molecular weight excluding hydrogens is 188 g/mol. The molecule has 1 aromatic heterocycles. The third-order valence-corrected chi connectivity index (χ3v) is 3.27. The van der Waals surface area contributed by atoms with Gasteiger partial charge in [0.1, 0.15) is 0 Å². The highest BCUT2D eigenvalue weighted by atomic mass is 15.4. The monoisotopic (exact) mass is 208 g/mol.